The second kappa shape index (κ2) is 12.6. The third-order valence-corrected chi connectivity index (χ3v) is 7.07. The Morgan fingerprint density at radius 2 is 1.82 bits per heavy atom. The van der Waals surface area contributed by atoms with E-state index < -0.39 is 28.4 Å². The van der Waals surface area contributed by atoms with Crippen molar-refractivity contribution in [3.8, 4) is 11.5 Å². The van der Waals surface area contributed by atoms with E-state index in [0.29, 0.717) is 28.5 Å². The molecule has 0 aliphatic carbocycles. The molecule has 11 heteroatoms. The monoisotopic (exact) mass is 578 g/mol. The summed E-state index contributed by atoms with van der Waals surface area (Å²) in [6.45, 7) is 3.60. The van der Waals surface area contributed by atoms with Crippen molar-refractivity contribution >= 4 is 52.1 Å². The summed E-state index contributed by atoms with van der Waals surface area (Å²) in [5, 5.41) is 10.9. The van der Waals surface area contributed by atoms with Crippen molar-refractivity contribution in [2.75, 3.05) is 13.7 Å². The smallest absolute Gasteiger partial charge is 0.293 e. The molecule has 0 N–H and O–H groups in total. The van der Waals surface area contributed by atoms with Crippen molar-refractivity contribution in [1.29, 1.82) is 0 Å². The molecular weight excluding hydrogens is 556 g/mol. The number of ketones is 1. The number of benzene rings is 3. The summed E-state index contributed by atoms with van der Waals surface area (Å²) < 4.78 is 11.7. The summed E-state index contributed by atoms with van der Waals surface area (Å²) in [5.74, 6) is -0.170. The molecule has 3 aromatic carbocycles. The van der Waals surface area contributed by atoms with Gasteiger partial charge in [-0.1, -0.05) is 29.8 Å². The molecule has 1 aliphatic rings. The highest BCUT2D eigenvalue weighted by atomic mass is 35.5. The number of carbonyl (C=O) groups excluding carboxylic acids is 3. The first-order chi connectivity index (χ1) is 19.2. The highest BCUT2D eigenvalue weighted by molar-refractivity contribution is 8.18. The predicted octanol–water partition coefficient (Wildman–Crippen LogP) is 6.48. The number of imide groups is 1. The number of allylic oxidation sites excluding steroid dienone is 1. The first-order valence-electron chi connectivity index (χ1n) is 11.9. The normalized spacial score (nSPS) is 13.9. The van der Waals surface area contributed by atoms with Crippen molar-refractivity contribution in [2.45, 2.75) is 13.0 Å². The Kier molecular flexibility index (Phi) is 9.03. The van der Waals surface area contributed by atoms with E-state index in [0.717, 1.165) is 27.8 Å². The van der Waals surface area contributed by atoms with Crippen LogP contribution < -0.4 is 9.47 Å². The Morgan fingerprint density at radius 3 is 2.45 bits per heavy atom. The zero-order valence-corrected chi connectivity index (χ0v) is 22.9. The van der Waals surface area contributed by atoms with Crippen molar-refractivity contribution < 1.29 is 28.8 Å². The van der Waals surface area contributed by atoms with Crippen LogP contribution in [0.3, 0.4) is 0 Å². The Morgan fingerprint density at radius 1 is 1.12 bits per heavy atom. The first-order valence-corrected chi connectivity index (χ1v) is 13.1. The van der Waals surface area contributed by atoms with Crippen LogP contribution in [0.25, 0.3) is 6.08 Å². The zero-order chi connectivity index (χ0) is 28.8. The van der Waals surface area contributed by atoms with E-state index in [1.54, 1.807) is 30.4 Å². The van der Waals surface area contributed by atoms with Gasteiger partial charge < -0.3 is 9.47 Å². The van der Waals surface area contributed by atoms with Crippen LogP contribution in [0.4, 0.5) is 10.5 Å². The van der Waals surface area contributed by atoms with Gasteiger partial charge in [-0.15, -0.1) is 6.58 Å². The van der Waals surface area contributed by atoms with Crippen LogP contribution in [0.1, 0.15) is 27.0 Å². The summed E-state index contributed by atoms with van der Waals surface area (Å²) in [4.78, 5) is 49.6. The average molecular weight is 579 g/mol. The summed E-state index contributed by atoms with van der Waals surface area (Å²) in [6, 6.07) is 15.7. The summed E-state index contributed by atoms with van der Waals surface area (Å²) in [5.41, 5.74) is 2.26. The third-order valence-electron chi connectivity index (χ3n) is 5.91. The van der Waals surface area contributed by atoms with Crippen LogP contribution in [0.2, 0.25) is 5.02 Å². The van der Waals surface area contributed by atoms with E-state index in [1.807, 2.05) is 18.2 Å². The lowest BCUT2D eigenvalue weighted by Crippen LogP contribution is -2.33. The zero-order valence-electron chi connectivity index (χ0n) is 21.3. The Balaban J connectivity index is 1.54. The molecule has 9 nitrogen and oxygen atoms in total. The molecule has 3 aromatic rings. The molecule has 0 radical (unpaired) electrons. The summed E-state index contributed by atoms with van der Waals surface area (Å²) in [7, 11) is 1.50. The minimum Gasteiger partial charge on any atom is -0.493 e. The van der Waals surface area contributed by atoms with Crippen LogP contribution in [0, 0.1) is 10.1 Å². The molecule has 1 saturated heterocycles. The van der Waals surface area contributed by atoms with E-state index in [2.05, 4.69) is 6.58 Å². The maximum Gasteiger partial charge on any atom is 0.293 e. The third kappa shape index (κ3) is 6.59. The van der Waals surface area contributed by atoms with Crippen LogP contribution >= 0.6 is 23.4 Å². The Bertz CT molecular complexity index is 1520. The molecule has 2 amide bonds. The number of thioether (sulfide) groups is 1. The van der Waals surface area contributed by atoms with Crippen LogP contribution in [0.15, 0.2) is 78.2 Å². The highest BCUT2D eigenvalue weighted by Gasteiger charge is 2.36. The minimum atomic E-state index is -0.613. The summed E-state index contributed by atoms with van der Waals surface area (Å²) >= 11 is 6.68. The number of rotatable bonds is 11. The number of non-ortho nitro benzene ring substituents is 1. The number of hydrogen-bond acceptors (Lipinski definition) is 8. The standard InChI is InChI=1S/C29H23ClN2O7S/c1-3-4-21-13-19(14-25(38-2)27(21)39-17-18-5-9-22(30)10-6-18)15-26-28(34)31(29(35)40-26)16-24(33)20-7-11-23(12-8-20)32(36)37/h3,5-15H,1,4,16-17H2,2H3/b26-15-. The quantitative estimate of drug-likeness (QED) is 0.0834. The molecule has 0 aromatic heterocycles. The van der Waals surface area contributed by atoms with Gasteiger partial charge in [0.15, 0.2) is 17.3 Å². The van der Waals surface area contributed by atoms with E-state index in [4.69, 9.17) is 21.1 Å². The maximum absolute atomic E-state index is 13.0. The Labute approximate surface area is 239 Å². The first kappa shape index (κ1) is 28.6. The number of Topliss-reactive ketones (excluding diaryl/α,β-unsaturated/α-hetero) is 1. The predicted molar refractivity (Wildman–Crippen MR) is 153 cm³/mol. The molecular formula is C29H23ClN2O7S. The highest BCUT2D eigenvalue weighted by Crippen LogP contribution is 2.37. The Hall–Kier alpha value is -4.41. The van der Waals surface area contributed by atoms with Crippen LogP contribution in [-0.4, -0.2) is 40.4 Å². The van der Waals surface area contributed by atoms with Gasteiger partial charge in [-0.05, 0) is 71.8 Å². The number of nitro benzene ring substituents is 1. The lowest BCUT2D eigenvalue weighted by Gasteiger charge is -2.16. The van der Waals surface area contributed by atoms with Crippen LogP contribution in [0.5, 0.6) is 11.5 Å². The molecule has 204 valence electrons. The van der Waals surface area contributed by atoms with Crippen LogP contribution in [-0.2, 0) is 17.8 Å². The molecule has 40 heavy (non-hydrogen) atoms. The average Bonchev–Trinajstić information content (AvgIpc) is 3.20. The van der Waals surface area contributed by atoms with Crippen molar-refractivity contribution in [1.82, 2.24) is 4.90 Å². The fraction of sp³-hybridized carbons (Fsp3) is 0.138. The second-order valence-electron chi connectivity index (χ2n) is 8.61. The number of halogens is 1. The lowest BCUT2D eigenvalue weighted by molar-refractivity contribution is -0.384. The molecule has 1 fully saturated rings. The van der Waals surface area contributed by atoms with E-state index in [-0.39, 0.29) is 22.8 Å². The van der Waals surface area contributed by atoms with Gasteiger partial charge in [0.2, 0.25) is 0 Å². The lowest BCUT2D eigenvalue weighted by atomic mass is 10.0. The molecule has 4 rings (SSSR count). The molecule has 1 aliphatic heterocycles. The fourth-order valence-corrected chi connectivity index (χ4v) is 4.88. The largest absolute Gasteiger partial charge is 0.493 e. The number of nitro groups is 1. The van der Waals surface area contributed by atoms with Gasteiger partial charge in [0.05, 0.1) is 23.5 Å². The molecule has 0 bridgehead atoms. The molecule has 0 atom stereocenters. The summed E-state index contributed by atoms with van der Waals surface area (Å²) in [6.07, 6.45) is 3.73. The van der Waals surface area contributed by atoms with Gasteiger partial charge in [0.25, 0.3) is 16.8 Å². The van der Waals surface area contributed by atoms with Gasteiger partial charge in [0.1, 0.15) is 6.61 Å². The van der Waals surface area contributed by atoms with Gasteiger partial charge in [-0.2, -0.15) is 0 Å². The number of amides is 2. The van der Waals surface area contributed by atoms with E-state index >= 15 is 0 Å². The van der Waals surface area contributed by atoms with Gasteiger partial charge in [0, 0.05) is 28.3 Å². The minimum absolute atomic E-state index is 0.142. The molecule has 0 saturated carbocycles. The second-order valence-corrected chi connectivity index (χ2v) is 10.0. The SMILES string of the molecule is C=CCc1cc(/C=C2\SC(=O)N(CC(=O)c3ccc([N+](=O)[O-])cc3)C2=O)cc(OC)c1OCc1ccc(Cl)cc1. The molecule has 0 spiro atoms. The number of methoxy groups -OCH3 is 1. The van der Waals surface area contributed by atoms with Gasteiger partial charge in [-0.25, -0.2) is 0 Å². The number of carbonyl (C=O) groups is 3. The van der Waals surface area contributed by atoms with E-state index in [1.165, 1.54) is 31.4 Å². The van der Waals surface area contributed by atoms with Gasteiger partial charge in [-0.3, -0.25) is 29.4 Å². The van der Waals surface area contributed by atoms with Crippen molar-refractivity contribution in [3.05, 3.63) is 116 Å². The van der Waals surface area contributed by atoms with E-state index in [9.17, 15) is 24.5 Å². The fourth-order valence-electron chi connectivity index (χ4n) is 3.92. The maximum atomic E-state index is 13.0. The van der Waals surface area contributed by atoms with Crippen molar-refractivity contribution in [2.24, 2.45) is 0 Å². The number of hydrogen-bond donors (Lipinski definition) is 0. The molecule has 1 heterocycles. The molecule has 0 unspecified atom stereocenters. The van der Waals surface area contributed by atoms with Crippen molar-refractivity contribution in [3.63, 3.8) is 0 Å². The number of ether oxygens (including phenoxy) is 2. The number of nitrogens with zero attached hydrogens (tertiary/aromatic N) is 2. The topological polar surface area (TPSA) is 116 Å². The van der Waals surface area contributed by atoms with Gasteiger partial charge >= 0.3 is 0 Å².